The Morgan fingerprint density at radius 3 is 1.65 bits per heavy atom. The van der Waals surface area contributed by atoms with Gasteiger partial charge in [-0.25, -0.2) is 0 Å². The summed E-state index contributed by atoms with van der Waals surface area (Å²) >= 11 is 0. The molecule has 1 aromatic heterocycles. The summed E-state index contributed by atoms with van der Waals surface area (Å²) in [6, 6.07) is 78.9. The number of aromatic nitrogens is 1. The Hall–Kier alpha value is -7.16. The first-order chi connectivity index (χ1) is 26.8. The zero-order valence-electron chi connectivity index (χ0n) is 29.7. The number of rotatable bonds is 7. The predicted octanol–water partition coefficient (Wildman–Crippen LogP) is 14.4. The Balaban J connectivity index is 1.31. The van der Waals surface area contributed by atoms with Gasteiger partial charge in [-0.1, -0.05) is 176 Å². The quantitative estimate of drug-likeness (QED) is 0.162. The molecular formula is C52H36N2. The summed E-state index contributed by atoms with van der Waals surface area (Å²) < 4.78 is 2.51. The molecule has 254 valence electrons. The highest BCUT2D eigenvalue weighted by Gasteiger charge is 2.25. The standard InChI is InChI=1S/C52H36N2/c1-4-19-38(20-5-1)43-26-12-14-30-47(43)53(42-24-8-3-9-25-42)49-32-17-33-50-51(49)46-27-13-15-31-48(46)54(50)52-44(39-21-6-2-7-22-39)28-16-29-45(52)41-35-34-37-18-10-11-23-40(37)36-41/h1-36H. The summed E-state index contributed by atoms with van der Waals surface area (Å²) in [4.78, 5) is 2.44. The van der Waals surface area contributed by atoms with E-state index in [-0.39, 0.29) is 0 Å². The largest absolute Gasteiger partial charge is 0.309 e. The van der Waals surface area contributed by atoms with Gasteiger partial charge in [-0.2, -0.15) is 0 Å². The molecule has 10 aromatic rings. The minimum absolute atomic E-state index is 1.10. The van der Waals surface area contributed by atoms with Gasteiger partial charge in [0.25, 0.3) is 0 Å². The molecule has 54 heavy (non-hydrogen) atoms. The molecule has 9 aromatic carbocycles. The van der Waals surface area contributed by atoms with Crippen molar-refractivity contribution in [2.45, 2.75) is 0 Å². The highest BCUT2D eigenvalue weighted by molar-refractivity contribution is 6.17. The first kappa shape index (κ1) is 31.6. The second-order valence-electron chi connectivity index (χ2n) is 13.7. The van der Waals surface area contributed by atoms with Crippen molar-refractivity contribution in [3.63, 3.8) is 0 Å². The van der Waals surface area contributed by atoms with Crippen LogP contribution in [0.15, 0.2) is 218 Å². The topological polar surface area (TPSA) is 8.17 Å². The molecule has 0 spiro atoms. The fourth-order valence-corrected chi connectivity index (χ4v) is 8.17. The van der Waals surface area contributed by atoms with E-state index < -0.39 is 0 Å². The number of anilines is 3. The van der Waals surface area contributed by atoms with E-state index in [1.54, 1.807) is 0 Å². The number of benzene rings is 9. The predicted molar refractivity (Wildman–Crippen MR) is 229 cm³/mol. The zero-order chi connectivity index (χ0) is 35.8. The number of hydrogen-bond acceptors (Lipinski definition) is 1. The van der Waals surface area contributed by atoms with Gasteiger partial charge in [0, 0.05) is 33.2 Å². The minimum Gasteiger partial charge on any atom is -0.309 e. The minimum atomic E-state index is 1.10. The molecule has 0 aliphatic carbocycles. The van der Waals surface area contributed by atoms with Gasteiger partial charge >= 0.3 is 0 Å². The maximum atomic E-state index is 2.51. The lowest BCUT2D eigenvalue weighted by atomic mass is 9.94. The van der Waals surface area contributed by atoms with Crippen molar-refractivity contribution in [1.82, 2.24) is 4.57 Å². The summed E-state index contributed by atoms with van der Waals surface area (Å²) in [5.74, 6) is 0. The molecule has 1 heterocycles. The van der Waals surface area contributed by atoms with Crippen molar-refractivity contribution < 1.29 is 0 Å². The Bertz CT molecular complexity index is 2930. The van der Waals surface area contributed by atoms with Crippen LogP contribution in [-0.2, 0) is 0 Å². The van der Waals surface area contributed by atoms with Gasteiger partial charge in [-0.3, -0.25) is 0 Å². The average molecular weight is 689 g/mol. The van der Waals surface area contributed by atoms with Crippen LogP contribution in [0.2, 0.25) is 0 Å². The van der Waals surface area contributed by atoms with E-state index in [2.05, 4.69) is 228 Å². The van der Waals surface area contributed by atoms with Crippen molar-refractivity contribution in [3.8, 4) is 39.1 Å². The summed E-state index contributed by atoms with van der Waals surface area (Å²) in [5, 5.41) is 4.87. The van der Waals surface area contributed by atoms with Crippen LogP contribution >= 0.6 is 0 Å². The lowest BCUT2D eigenvalue weighted by molar-refractivity contribution is 1.18. The van der Waals surface area contributed by atoms with Crippen LogP contribution in [0.4, 0.5) is 17.1 Å². The van der Waals surface area contributed by atoms with Crippen molar-refractivity contribution in [3.05, 3.63) is 218 Å². The lowest BCUT2D eigenvalue weighted by Gasteiger charge is -2.28. The molecule has 0 saturated carbocycles. The van der Waals surface area contributed by atoms with Gasteiger partial charge in [0.15, 0.2) is 0 Å². The van der Waals surface area contributed by atoms with Gasteiger partial charge in [0.1, 0.15) is 0 Å². The second-order valence-corrected chi connectivity index (χ2v) is 13.7. The molecule has 2 heteroatoms. The van der Waals surface area contributed by atoms with Gasteiger partial charge in [0.05, 0.1) is 28.1 Å². The van der Waals surface area contributed by atoms with Crippen LogP contribution in [0.1, 0.15) is 0 Å². The van der Waals surface area contributed by atoms with Gasteiger partial charge in [0.2, 0.25) is 0 Å². The van der Waals surface area contributed by atoms with Crippen LogP contribution in [0.3, 0.4) is 0 Å². The van der Waals surface area contributed by atoms with E-state index >= 15 is 0 Å². The molecule has 0 atom stereocenters. The fourth-order valence-electron chi connectivity index (χ4n) is 8.17. The summed E-state index contributed by atoms with van der Waals surface area (Å²) in [5.41, 5.74) is 13.9. The molecule has 0 amide bonds. The number of hydrogen-bond donors (Lipinski definition) is 0. The van der Waals surface area contributed by atoms with Crippen LogP contribution in [0.5, 0.6) is 0 Å². The number of nitrogens with zero attached hydrogens (tertiary/aromatic N) is 2. The monoisotopic (exact) mass is 688 g/mol. The van der Waals surface area contributed by atoms with Crippen molar-refractivity contribution in [2.75, 3.05) is 4.90 Å². The number of para-hydroxylation sites is 4. The molecule has 0 N–H and O–H groups in total. The average Bonchev–Trinajstić information content (AvgIpc) is 3.59. The zero-order valence-corrected chi connectivity index (χ0v) is 29.7. The molecule has 10 rings (SSSR count). The molecular weight excluding hydrogens is 653 g/mol. The first-order valence-corrected chi connectivity index (χ1v) is 18.5. The number of fused-ring (bicyclic) bond motifs is 4. The van der Waals surface area contributed by atoms with Crippen LogP contribution in [-0.4, -0.2) is 4.57 Å². The maximum absolute atomic E-state index is 2.51. The third kappa shape index (κ3) is 5.36. The molecule has 0 unspecified atom stereocenters. The van der Waals surface area contributed by atoms with Gasteiger partial charge in [-0.15, -0.1) is 0 Å². The van der Waals surface area contributed by atoms with Crippen molar-refractivity contribution in [1.29, 1.82) is 0 Å². The molecule has 0 aliphatic rings. The van der Waals surface area contributed by atoms with Crippen molar-refractivity contribution >= 4 is 49.6 Å². The Morgan fingerprint density at radius 1 is 0.333 bits per heavy atom. The molecule has 0 bridgehead atoms. The fraction of sp³-hybridized carbons (Fsp3) is 0. The molecule has 0 fully saturated rings. The molecule has 0 radical (unpaired) electrons. The smallest absolute Gasteiger partial charge is 0.0618 e. The SMILES string of the molecule is c1ccc(-c2ccccc2N(c2ccccc2)c2cccc3c2c2ccccc2n3-c2c(-c3ccccc3)cccc2-c2ccc3ccccc3c2)cc1. The maximum Gasteiger partial charge on any atom is 0.0618 e. The summed E-state index contributed by atoms with van der Waals surface area (Å²) in [6.07, 6.45) is 0. The summed E-state index contributed by atoms with van der Waals surface area (Å²) in [6.45, 7) is 0. The normalized spacial score (nSPS) is 11.3. The molecule has 0 saturated heterocycles. The van der Waals surface area contributed by atoms with Crippen LogP contribution in [0, 0.1) is 0 Å². The Morgan fingerprint density at radius 2 is 0.870 bits per heavy atom. The van der Waals surface area contributed by atoms with Crippen LogP contribution in [0.25, 0.3) is 71.6 Å². The van der Waals surface area contributed by atoms with E-state index in [4.69, 9.17) is 0 Å². The Labute approximate surface area is 315 Å². The van der Waals surface area contributed by atoms with Gasteiger partial charge in [-0.05, 0) is 69.9 Å². The third-order valence-electron chi connectivity index (χ3n) is 10.6. The Kier molecular flexibility index (Phi) is 7.85. The molecule has 0 aliphatic heterocycles. The van der Waals surface area contributed by atoms with E-state index in [1.165, 1.54) is 60.6 Å². The third-order valence-corrected chi connectivity index (χ3v) is 10.6. The first-order valence-electron chi connectivity index (χ1n) is 18.5. The summed E-state index contributed by atoms with van der Waals surface area (Å²) in [7, 11) is 0. The van der Waals surface area contributed by atoms with E-state index in [0.717, 1.165) is 28.1 Å². The van der Waals surface area contributed by atoms with E-state index in [1.807, 2.05) is 0 Å². The van der Waals surface area contributed by atoms with Gasteiger partial charge < -0.3 is 9.47 Å². The second kappa shape index (κ2) is 13.4. The van der Waals surface area contributed by atoms with Crippen LogP contribution < -0.4 is 4.90 Å². The molecule has 2 nitrogen and oxygen atoms in total. The lowest BCUT2D eigenvalue weighted by Crippen LogP contribution is -2.11. The highest BCUT2D eigenvalue weighted by Crippen LogP contribution is 2.48. The van der Waals surface area contributed by atoms with E-state index in [9.17, 15) is 0 Å². The van der Waals surface area contributed by atoms with Crippen molar-refractivity contribution in [2.24, 2.45) is 0 Å². The van der Waals surface area contributed by atoms with E-state index in [0.29, 0.717) is 0 Å². The highest BCUT2D eigenvalue weighted by atomic mass is 15.2.